The normalized spacial score (nSPS) is 10.4. The molecule has 0 bridgehead atoms. The first-order valence-corrected chi connectivity index (χ1v) is 6.88. The highest BCUT2D eigenvalue weighted by molar-refractivity contribution is 6.63. The number of carbonyl (C=O) groups excluding carboxylic acids is 1. The molecule has 0 atom stereocenters. The Hall–Kier alpha value is -2.14. The van der Waals surface area contributed by atoms with E-state index in [4.69, 9.17) is 16.3 Å². The third-order valence-corrected chi connectivity index (χ3v) is 3.06. The molecule has 2 aromatic rings. The van der Waals surface area contributed by atoms with E-state index < -0.39 is 5.24 Å². The first-order valence-electron chi connectivity index (χ1n) is 6.50. The van der Waals surface area contributed by atoms with Gasteiger partial charge < -0.3 is 4.74 Å². The van der Waals surface area contributed by atoms with Crippen LogP contribution in [-0.2, 0) is 18.3 Å². The van der Waals surface area contributed by atoms with Crippen molar-refractivity contribution in [3.8, 4) is 17.0 Å². The summed E-state index contributed by atoms with van der Waals surface area (Å²) in [4.78, 5) is 22.9. The van der Waals surface area contributed by atoms with E-state index in [0.717, 1.165) is 11.3 Å². The fraction of sp³-hybridized carbons (Fsp3) is 0.267. The molecular weight excluding hydrogens is 292 g/mol. The van der Waals surface area contributed by atoms with E-state index in [1.165, 1.54) is 4.68 Å². The van der Waals surface area contributed by atoms with Gasteiger partial charge in [-0.25, -0.2) is 4.68 Å². The highest BCUT2D eigenvalue weighted by atomic mass is 35.5. The zero-order valence-electron chi connectivity index (χ0n) is 11.8. The summed E-state index contributed by atoms with van der Waals surface area (Å²) in [6.07, 6.45) is -0.110. The summed E-state index contributed by atoms with van der Waals surface area (Å²) >= 11 is 5.37. The van der Waals surface area contributed by atoms with Gasteiger partial charge in [-0.15, -0.1) is 0 Å². The van der Waals surface area contributed by atoms with Crippen LogP contribution in [0.15, 0.2) is 35.1 Å². The van der Waals surface area contributed by atoms with Gasteiger partial charge in [-0.1, -0.05) is 0 Å². The number of ether oxygens (including phenoxy) is 1. The van der Waals surface area contributed by atoms with Gasteiger partial charge in [-0.05, 0) is 48.9 Å². The summed E-state index contributed by atoms with van der Waals surface area (Å²) in [5, 5.41) is 3.62. The molecule has 0 saturated carbocycles. The Balaban J connectivity index is 2.41. The molecule has 0 saturated heterocycles. The molecule has 110 valence electrons. The van der Waals surface area contributed by atoms with Crippen LogP contribution in [0.25, 0.3) is 11.3 Å². The minimum Gasteiger partial charge on any atom is -0.494 e. The third kappa shape index (κ3) is 3.70. The number of aryl methyl sites for hydroxylation is 1. The summed E-state index contributed by atoms with van der Waals surface area (Å²) < 4.78 is 6.59. The fourth-order valence-electron chi connectivity index (χ4n) is 1.98. The van der Waals surface area contributed by atoms with Gasteiger partial charge in [0.1, 0.15) is 5.75 Å². The van der Waals surface area contributed by atoms with Crippen molar-refractivity contribution in [2.24, 2.45) is 7.05 Å². The molecule has 6 heteroatoms. The lowest BCUT2D eigenvalue weighted by Crippen LogP contribution is -2.24. The van der Waals surface area contributed by atoms with E-state index in [2.05, 4.69) is 5.10 Å². The van der Waals surface area contributed by atoms with E-state index in [0.29, 0.717) is 17.9 Å². The standard InChI is InChI=1S/C15H15ClN2O3/c1-3-21-12-6-4-10(5-7-12)13-8-11(9-14(16)19)15(20)18(2)17-13/h4-8H,3,9H2,1-2H3. The van der Waals surface area contributed by atoms with Crippen molar-refractivity contribution in [2.45, 2.75) is 13.3 Å². The number of aromatic nitrogens is 2. The average Bonchev–Trinajstić information content (AvgIpc) is 2.44. The lowest BCUT2D eigenvalue weighted by Gasteiger charge is -2.07. The van der Waals surface area contributed by atoms with Gasteiger partial charge in [-0.2, -0.15) is 5.10 Å². The summed E-state index contributed by atoms with van der Waals surface area (Å²) in [6, 6.07) is 8.96. The molecule has 0 N–H and O–H groups in total. The van der Waals surface area contributed by atoms with Gasteiger partial charge in [0, 0.05) is 18.2 Å². The SMILES string of the molecule is CCOc1ccc(-c2cc(CC(=O)Cl)c(=O)n(C)n2)cc1. The van der Waals surface area contributed by atoms with Crippen LogP contribution in [0.4, 0.5) is 0 Å². The van der Waals surface area contributed by atoms with Crippen molar-refractivity contribution in [1.29, 1.82) is 0 Å². The number of nitrogens with zero attached hydrogens (tertiary/aromatic N) is 2. The summed E-state index contributed by atoms with van der Waals surface area (Å²) in [7, 11) is 1.54. The van der Waals surface area contributed by atoms with Crippen molar-refractivity contribution in [3.05, 3.63) is 46.2 Å². The zero-order chi connectivity index (χ0) is 15.4. The monoisotopic (exact) mass is 306 g/mol. The Morgan fingerprint density at radius 2 is 2.00 bits per heavy atom. The molecule has 1 aromatic carbocycles. The van der Waals surface area contributed by atoms with E-state index in [-0.39, 0.29) is 12.0 Å². The second-order valence-electron chi connectivity index (χ2n) is 4.47. The van der Waals surface area contributed by atoms with Crippen molar-refractivity contribution in [2.75, 3.05) is 6.61 Å². The molecule has 21 heavy (non-hydrogen) atoms. The molecule has 2 rings (SSSR count). The second-order valence-corrected chi connectivity index (χ2v) is 4.89. The minimum atomic E-state index is -0.573. The Morgan fingerprint density at radius 1 is 1.33 bits per heavy atom. The maximum absolute atomic E-state index is 11.9. The third-order valence-electron chi connectivity index (χ3n) is 2.93. The summed E-state index contributed by atoms with van der Waals surface area (Å²) in [5.41, 5.74) is 1.44. The topological polar surface area (TPSA) is 61.2 Å². The molecule has 0 radical (unpaired) electrons. The largest absolute Gasteiger partial charge is 0.494 e. The molecule has 1 heterocycles. The van der Waals surface area contributed by atoms with Crippen molar-refractivity contribution in [1.82, 2.24) is 9.78 Å². The minimum absolute atomic E-state index is 0.110. The Morgan fingerprint density at radius 3 is 2.57 bits per heavy atom. The van der Waals surface area contributed by atoms with Crippen LogP contribution in [0.3, 0.4) is 0 Å². The van der Waals surface area contributed by atoms with Crippen molar-refractivity contribution in [3.63, 3.8) is 0 Å². The van der Waals surface area contributed by atoms with Crippen LogP contribution < -0.4 is 10.3 Å². The van der Waals surface area contributed by atoms with Crippen LogP contribution in [0, 0.1) is 0 Å². The molecule has 0 fully saturated rings. The Labute approximate surface area is 127 Å². The average molecular weight is 307 g/mol. The van der Waals surface area contributed by atoms with E-state index in [1.54, 1.807) is 13.1 Å². The molecule has 0 unspecified atom stereocenters. The van der Waals surface area contributed by atoms with Crippen LogP contribution in [0.2, 0.25) is 0 Å². The molecule has 0 spiro atoms. The first-order chi connectivity index (χ1) is 10.0. The molecule has 0 aliphatic heterocycles. The summed E-state index contributed by atoms with van der Waals surface area (Å²) in [6.45, 7) is 2.51. The smallest absolute Gasteiger partial charge is 0.270 e. The van der Waals surface area contributed by atoms with Crippen LogP contribution >= 0.6 is 11.6 Å². The highest BCUT2D eigenvalue weighted by Crippen LogP contribution is 2.20. The molecule has 1 aromatic heterocycles. The highest BCUT2D eigenvalue weighted by Gasteiger charge is 2.10. The van der Waals surface area contributed by atoms with Gasteiger partial charge in [0.25, 0.3) is 5.56 Å². The molecule has 0 aliphatic carbocycles. The number of rotatable bonds is 5. The van der Waals surface area contributed by atoms with Gasteiger partial charge in [0.05, 0.1) is 18.7 Å². The van der Waals surface area contributed by atoms with Crippen LogP contribution in [0.1, 0.15) is 12.5 Å². The van der Waals surface area contributed by atoms with Crippen LogP contribution in [-0.4, -0.2) is 21.6 Å². The van der Waals surface area contributed by atoms with Crippen molar-refractivity contribution < 1.29 is 9.53 Å². The number of halogens is 1. The van der Waals surface area contributed by atoms with Gasteiger partial charge in [-0.3, -0.25) is 9.59 Å². The lowest BCUT2D eigenvalue weighted by atomic mass is 10.1. The molecule has 0 amide bonds. The number of benzene rings is 1. The van der Waals surface area contributed by atoms with E-state index >= 15 is 0 Å². The van der Waals surface area contributed by atoms with Gasteiger partial charge >= 0.3 is 0 Å². The second kappa shape index (κ2) is 6.54. The lowest BCUT2D eigenvalue weighted by molar-refractivity contribution is -0.111. The first kappa shape index (κ1) is 15.3. The predicted octanol–water partition coefficient (Wildman–Crippen LogP) is 2.15. The zero-order valence-corrected chi connectivity index (χ0v) is 12.6. The number of hydrogen-bond donors (Lipinski definition) is 0. The molecular formula is C15H15ClN2O3. The predicted molar refractivity (Wildman–Crippen MR) is 80.6 cm³/mol. The van der Waals surface area contributed by atoms with E-state index in [9.17, 15) is 9.59 Å². The summed E-state index contributed by atoms with van der Waals surface area (Å²) in [5.74, 6) is 0.766. The van der Waals surface area contributed by atoms with Gasteiger partial charge in [0.2, 0.25) is 5.24 Å². The number of carbonyl (C=O) groups is 1. The maximum atomic E-state index is 11.9. The molecule has 0 aliphatic rings. The maximum Gasteiger partial charge on any atom is 0.270 e. The Kier molecular flexibility index (Phi) is 4.75. The Bertz CT molecular complexity index is 708. The fourth-order valence-corrected chi connectivity index (χ4v) is 2.12. The van der Waals surface area contributed by atoms with Crippen molar-refractivity contribution >= 4 is 16.8 Å². The van der Waals surface area contributed by atoms with Crippen LogP contribution in [0.5, 0.6) is 5.75 Å². The van der Waals surface area contributed by atoms with E-state index in [1.807, 2.05) is 31.2 Å². The quantitative estimate of drug-likeness (QED) is 0.794. The number of hydrogen-bond acceptors (Lipinski definition) is 4. The molecule has 5 nitrogen and oxygen atoms in total. The van der Waals surface area contributed by atoms with Gasteiger partial charge in [0.15, 0.2) is 0 Å².